The molecule has 0 atom stereocenters. The summed E-state index contributed by atoms with van der Waals surface area (Å²) >= 11 is 0. The number of alkyl halides is 3. The number of rotatable bonds is 5. The average molecular weight is 468 g/mol. The smallest absolute Gasteiger partial charge is 0.416 e. The molecule has 0 saturated heterocycles. The number of benzene rings is 3. The van der Waals surface area contributed by atoms with Gasteiger partial charge >= 0.3 is 6.18 Å². The van der Waals surface area contributed by atoms with Crippen molar-refractivity contribution in [1.82, 2.24) is 0 Å². The number of hydrogen-bond donors (Lipinski definition) is 2. The monoisotopic (exact) mass is 468 g/mol. The second kappa shape index (κ2) is 7.79. The molecule has 174 valence electrons. The van der Waals surface area contributed by atoms with Crippen LogP contribution in [0.4, 0.5) is 18.9 Å². The van der Waals surface area contributed by atoms with E-state index in [0.717, 1.165) is 17.7 Å². The summed E-state index contributed by atoms with van der Waals surface area (Å²) in [4.78, 5) is 24.5. The van der Waals surface area contributed by atoms with Gasteiger partial charge in [-0.25, -0.2) is 0 Å². The number of halogens is 3. The van der Waals surface area contributed by atoms with Gasteiger partial charge in [0.2, 0.25) is 18.6 Å². The Kier molecular flexibility index (Phi) is 5.00. The van der Waals surface area contributed by atoms with E-state index in [1.165, 1.54) is 30.3 Å². The highest BCUT2D eigenvalue weighted by Crippen LogP contribution is 2.51. The van der Waals surface area contributed by atoms with E-state index >= 15 is 0 Å². The molecular weight excluding hydrogens is 449 g/mol. The summed E-state index contributed by atoms with van der Waals surface area (Å²) in [6.45, 7) is 0.103. The lowest BCUT2D eigenvalue weighted by molar-refractivity contribution is -0.137. The molecule has 3 aromatic rings. The van der Waals surface area contributed by atoms with Crippen LogP contribution in [-0.2, 0) is 16.4 Å². The molecule has 0 bridgehead atoms. The maximum absolute atomic E-state index is 13.6. The second-order valence-corrected chi connectivity index (χ2v) is 8.34. The van der Waals surface area contributed by atoms with Crippen molar-refractivity contribution in [3.63, 3.8) is 0 Å². The van der Waals surface area contributed by atoms with Crippen molar-refractivity contribution in [2.45, 2.75) is 24.4 Å². The summed E-state index contributed by atoms with van der Waals surface area (Å²) in [7, 11) is 0. The van der Waals surface area contributed by atoms with E-state index in [1.807, 2.05) is 0 Å². The van der Waals surface area contributed by atoms with Crippen LogP contribution in [0.15, 0.2) is 60.7 Å². The van der Waals surface area contributed by atoms with Gasteiger partial charge in [0.05, 0.1) is 11.0 Å². The fourth-order valence-corrected chi connectivity index (χ4v) is 4.07. The van der Waals surface area contributed by atoms with E-state index in [-0.39, 0.29) is 29.5 Å². The standard InChI is InChI=1S/C25H19F3N2O4/c26-25(27,28)18-9-16(14-1-3-15(4-2-14)22(29)31)10-19(11-18)30-23(32)24(7-8-24)17-5-6-20-21(12-17)34-13-33-20/h1-6,9-12H,7-8,13H2,(H2,29,31)(H,30,32). The van der Waals surface area contributed by atoms with Crippen molar-refractivity contribution in [2.75, 3.05) is 12.1 Å². The lowest BCUT2D eigenvalue weighted by Gasteiger charge is -2.18. The Hall–Kier alpha value is -4.01. The van der Waals surface area contributed by atoms with Crippen LogP contribution >= 0.6 is 0 Å². The molecule has 1 heterocycles. The summed E-state index contributed by atoms with van der Waals surface area (Å²) < 4.78 is 51.5. The quantitative estimate of drug-likeness (QED) is 0.559. The van der Waals surface area contributed by atoms with E-state index in [9.17, 15) is 22.8 Å². The number of ether oxygens (including phenoxy) is 2. The van der Waals surface area contributed by atoms with Gasteiger partial charge < -0.3 is 20.5 Å². The first-order valence-corrected chi connectivity index (χ1v) is 10.5. The first-order valence-electron chi connectivity index (χ1n) is 10.5. The van der Waals surface area contributed by atoms with Crippen molar-refractivity contribution in [2.24, 2.45) is 5.73 Å². The van der Waals surface area contributed by atoms with Crippen LogP contribution in [0.3, 0.4) is 0 Å². The van der Waals surface area contributed by atoms with Crippen molar-refractivity contribution < 1.29 is 32.2 Å². The van der Waals surface area contributed by atoms with Crippen LogP contribution in [0, 0.1) is 0 Å². The van der Waals surface area contributed by atoms with Gasteiger partial charge in [-0.3, -0.25) is 9.59 Å². The van der Waals surface area contributed by atoms with Crippen LogP contribution in [0.2, 0.25) is 0 Å². The minimum absolute atomic E-state index is 0.0285. The number of hydrogen-bond acceptors (Lipinski definition) is 4. The van der Waals surface area contributed by atoms with E-state index in [2.05, 4.69) is 5.32 Å². The number of carbonyl (C=O) groups is 2. The minimum atomic E-state index is -4.61. The van der Waals surface area contributed by atoms with Crippen molar-refractivity contribution in [1.29, 1.82) is 0 Å². The molecule has 1 fully saturated rings. The van der Waals surface area contributed by atoms with Gasteiger partial charge in [0.15, 0.2) is 11.5 Å². The van der Waals surface area contributed by atoms with Gasteiger partial charge in [-0.2, -0.15) is 13.2 Å². The SMILES string of the molecule is NC(=O)c1ccc(-c2cc(NC(=O)C3(c4ccc5c(c4)OCO5)CC3)cc(C(F)(F)F)c2)cc1. The number of nitrogens with one attached hydrogen (secondary N) is 1. The molecule has 0 radical (unpaired) electrons. The molecule has 2 amide bonds. The molecule has 3 aromatic carbocycles. The van der Waals surface area contributed by atoms with Gasteiger partial charge in [0.25, 0.3) is 0 Å². The number of fused-ring (bicyclic) bond motifs is 1. The highest BCUT2D eigenvalue weighted by molar-refractivity contribution is 6.02. The molecule has 0 spiro atoms. The fourth-order valence-electron chi connectivity index (χ4n) is 4.07. The van der Waals surface area contributed by atoms with E-state index in [0.29, 0.717) is 29.9 Å². The number of carbonyl (C=O) groups excluding carboxylic acids is 2. The maximum atomic E-state index is 13.6. The zero-order valence-electron chi connectivity index (χ0n) is 17.7. The molecule has 34 heavy (non-hydrogen) atoms. The Morgan fingerprint density at radius 2 is 1.59 bits per heavy atom. The molecule has 0 aromatic heterocycles. The lowest BCUT2D eigenvalue weighted by atomic mass is 9.94. The van der Waals surface area contributed by atoms with E-state index in [1.54, 1.807) is 18.2 Å². The Balaban J connectivity index is 1.46. The third-order valence-electron chi connectivity index (χ3n) is 6.13. The van der Waals surface area contributed by atoms with E-state index < -0.39 is 23.1 Å². The highest BCUT2D eigenvalue weighted by atomic mass is 19.4. The van der Waals surface area contributed by atoms with Crippen LogP contribution in [-0.4, -0.2) is 18.6 Å². The Morgan fingerprint density at radius 1 is 0.882 bits per heavy atom. The molecule has 2 aliphatic rings. The summed E-state index contributed by atoms with van der Waals surface area (Å²) in [5.74, 6) is 0.102. The van der Waals surface area contributed by atoms with Gasteiger partial charge in [0.1, 0.15) is 0 Å². The van der Waals surface area contributed by atoms with Gasteiger partial charge in [0, 0.05) is 11.3 Å². The molecule has 1 aliphatic heterocycles. The highest BCUT2D eigenvalue weighted by Gasteiger charge is 2.51. The molecule has 5 rings (SSSR count). The first kappa shape index (κ1) is 21.8. The number of nitrogens with two attached hydrogens (primary N) is 1. The Bertz CT molecular complexity index is 1300. The fraction of sp³-hybridized carbons (Fsp3) is 0.200. The van der Waals surface area contributed by atoms with Gasteiger partial charge in [-0.15, -0.1) is 0 Å². The van der Waals surface area contributed by atoms with Gasteiger partial charge in [-0.05, 0) is 72.0 Å². The number of anilines is 1. The Labute approximate surface area is 192 Å². The largest absolute Gasteiger partial charge is 0.454 e. The van der Waals surface area contributed by atoms with Crippen LogP contribution in [0.25, 0.3) is 11.1 Å². The summed E-state index contributed by atoms with van der Waals surface area (Å²) in [6.07, 6.45) is -3.48. The van der Waals surface area contributed by atoms with Crippen molar-refractivity contribution in [3.8, 4) is 22.6 Å². The van der Waals surface area contributed by atoms with Crippen molar-refractivity contribution >= 4 is 17.5 Å². The normalized spacial score (nSPS) is 15.6. The molecule has 1 saturated carbocycles. The predicted octanol–water partition coefficient (Wildman–Crippen LogP) is 4.87. The third-order valence-corrected chi connectivity index (χ3v) is 6.13. The molecule has 0 unspecified atom stereocenters. The zero-order valence-corrected chi connectivity index (χ0v) is 17.7. The maximum Gasteiger partial charge on any atom is 0.416 e. The van der Waals surface area contributed by atoms with Crippen molar-refractivity contribution in [3.05, 3.63) is 77.4 Å². The molecule has 3 N–H and O–H groups in total. The lowest BCUT2D eigenvalue weighted by Crippen LogP contribution is -2.28. The third kappa shape index (κ3) is 3.93. The predicted molar refractivity (Wildman–Crippen MR) is 118 cm³/mol. The first-order chi connectivity index (χ1) is 16.2. The summed E-state index contributed by atoms with van der Waals surface area (Å²) in [6, 6.07) is 14.5. The average Bonchev–Trinajstić information content (AvgIpc) is 3.49. The van der Waals surface area contributed by atoms with Crippen LogP contribution in [0.5, 0.6) is 11.5 Å². The van der Waals surface area contributed by atoms with Gasteiger partial charge in [-0.1, -0.05) is 18.2 Å². The van der Waals surface area contributed by atoms with Crippen LogP contribution < -0.4 is 20.5 Å². The number of primary amides is 1. The summed E-state index contributed by atoms with van der Waals surface area (Å²) in [5.41, 5.74) is 5.19. The topological polar surface area (TPSA) is 90.7 Å². The van der Waals surface area contributed by atoms with Crippen LogP contribution in [0.1, 0.15) is 34.3 Å². The second-order valence-electron chi connectivity index (χ2n) is 8.34. The minimum Gasteiger partial charge on any atom is -0.454 e. The number of amides is 2. The molecule has 6 nitrogen and oxygen atoms in total. The summed E-state index contributed by atoms with van der Waals surface area (Å²) in [5, 5.41) is 2.68. The Morgan fingerprint density at radius 3 is 2.24 bits per heavy atom. The molecular formula is C25H19F3N2O4. The molecule has 9 heteroatoms. The van der Waals surface area contributed by atoms with E-state index in [4.69, 9.17) is 15.2 Å². The zero-order chi connectivity index (χ0) is 24.1. The molecule has 1 aliphatic carbocycles.